The van der Waals surface area contributed by atoms with E-state index in [0.29, 0.717) is 0 Å². The lowest BCUT2D eigenvalue weighted by Gasteiger charge is -1.97. The molecule has 4 heterocycles. The number of thiophene rings is 4. The summed E-state index contributed by atoms with van der Waals surface area (Å²) < 4.78 is 11.1. The minimum atomic E-state index is 1.37. The van der Waals surface area contributed by atoms with Crippen LogP contribution in [0.15, 0.2) is 84.9 Å². The highest BCUT2D eigenvalue weighted by atomic mass is 32.1. The van der Waals surface area contributed by atoms with E-state index in [2.05, 4.69) is 84.9 Å². The van der Waals surface area contributed by atoms with Crippen LogP contribution in [0.2, 0.25) is 0 Å². The van der Waals surface area contributed by atoms with Gasteiger partial charge in [-0.2, -0.15) is 0 Å². The maximum Gasteiger partial charge on any atom is 0.0369 e. The highest BCUT2D eigenvalue weighted by molar-refractivity contribution is 7.29. The SMILES string of the molecule is c1ccc2c(c1)sc1cc3sc4cc5sc6cc7sc8ccccc8c7cc6c5cc4c3cc12. The Morgan fingerprint density at radius 3 is 0.941 bits per heavy atom. The number of benzene rings is 5. The van der Waals surface area contributed by atoms with Crippen molar-refractivity contribution in [3.8, 4) is 0 Å². The summed E-state index contributed by atoms with van der Waals surface area (Å²) in [4.78, 5) is 0. The molecule has 0 atom stereocenters. The van der Waals surface area contributed by atoms with Crippen LogP contribution in [0.25, 0.3) is 80.7 Å². The Morgan fingerprint density at radius 2 is 0.559 bits per heavy atom. The first-order valence-electron chi connectivity index (χ1n) is 11.3. The van der Waals surface area contributed by atoms with Gasteiger partial charge in [-0.1, -0.05) is 36.4 Å². The third kappa shape index (κ3) is 2.32. The molecule has 0 nitrogen and oxygen atoms in total. The van der Waals surface area contributed by atoms with Crippen LogP contribution in [0.5, 0.6) is 0 Å². The Bertz CT molecular complexity index is 2120. The van der Waals surface area contributed by atoms with Gasteiger partial charge in [-0.3, -0.25) is 0 Å². The molecule has 9 aromatic rings. The summed E-state index contributed by atoms with van der Waals surface area (Å²) in [6.07, 6.45) is 0. The summed E-state index contributed by atoms with van der Waals surface area (Å²) >= 11 is 7.68. The molecule has 34 heavy (non-hydrogen) atoms. The van der Waals surface area contributed by atoms with Crippen molar-refractivity contribution >= 4 is 126 Å². The second-order valence-corrected chi connectivity index (χ2v) is 13.3. The molecular weight excluding hydrogens is 489 g/mol. The average molecular weight is 503 g/mol. The molecule has 0 spiro atoms. The molecule has 4 aromatic heterocycles. The molecule has 0 N–H and O–H groups in total. The molecule has 0 bridgehead atoms. The molecule has 158 valence electrons. The number of hydrogen-bond acceptors (Lipinski definition) is 4. The van der Waals surface area contributed by atoms with Gasteiger partial charge >= 0.3 is 0 Å². The van der Waals surface area contributed by atoms with Gasteiger partial charge in [0.1, 0.15) is 0 Å². The lowest BCUT2D eigenvalue weighted by atomic mass is 10.0. The predicted molar refractivity (Wildman–Crippen MR) is 158 cm³/mol. The van der Waals surface area contributed by atoms with E-state index in [9.17, 15) is 0 Å². The van der Waals surface area contributed by atoms with Gasteiger partial charge in [-0.25, -0.2) is 0 Å². The van der Waals surface area contributed by atoms with E-state index in [4.69, 9.17) is 0 Å². The third-order valence-corrected chi connectivity index (χ3v) is 11.6. The van der Waals surface area contributed by atoms with E-state index >= 15 is 0 Å². The van der Waals surface area contributed by atoms with Gasteiger partial charge in [0.25, 0.3) is 0 Å². The van der Waals surface area contributed by atoms with Crippen LogP contribution in [0.1, 0.15) is 0 Å². The highest BCUT2D eigenvalue weighted by Crippen LogP contribution is 2.46. The maximum atomic E-state index is 2.46. The number of fused-ring (bicyclic) bond motifs is 12. The maximum absolute atomic E-state index is 2.46. The fourth-order valence-electron chi connectivity index (χ4n) is 5.48. The van der Waals surface area contributed by atoms with Crippen LogP contribution in [0.3, 0.4) is 0 Å². The Hall–Kier alpha value is -3.02. The second-order valence-electron chi connectivity index (χ2n) is 8.93. The summed E-state index contributed by atoms with van der Waals surface area (Å²) in [5.41, 5.74) is 0. The van der Waals surface area contributed by atoms with Crippen molar-refractivity contribution in [2.24, 2.45) is 0 Å². The van der Waals surface area contributed by atoms with Crippen molar-refractivity contribution in [1.82, 2.24) is 0 Å². The van der Waals surface area contributed by atoms with Gasteiger partial charge in [0.2, 0.25) is 0 Å². The summed E-state index contributed by atoms with van der Waals surface area (Å²) in [6, 6.07) is 32.2. The lowest BCUT2D eigenvalue weighted by Crippen LogP contribution is -1.71. The van der Waals surface area contributed by atoms with Crippen molar-refractivity contribution < 1.29 is 0 Å². The van der Waals surface area contributed by atoms with Crippen LogP contribution in [-0.2, 0) is 0 Å². The van der Waals surface area contributed by atoms with Crippen molar-refractivity contribution in [2.45, 2.75) is 0 Å². The van der Waals surface area contributed by atoms with Crippen LogP contribution < -0.4 is 0 Å². The first-order chi connectivity index (χ1) is 16.8. The molecule has 0 unspecified atom stereocenters. The second kappa shape index (κ2) is 6.35. The van der Waals surface area contributed by atoms with Crippen molar-refractivity contribution in [1.29, 1.82) is 0 Å². The zero-order valence-corrected chi connectivity index (χ0v) is 21.0. The molecule has 0 saturated heterocycles. The highest BCUT2D eigenvalue weighted by Gasteiger charge is 2.15. The normalized spacial score (nSPS) is 12.7. The largest absolute Gasteiger partial charge is 0.135 e. The zero-order valence-electron chi connectivity index (χ0n) is 17.7. The Morgan fingerprint density at radius 1 is 0.265 bits per heavy atom. The Kier molecular flexibility index (Phi) is 3.42. The Balaban J connectivity index is 1.40. The van der Waals surface area contributed by atoms with Crippen molar-refractivity contribution in [2.75, 3.05) is 0 Å². The minimum absolute atomic E-state index is 1.37. The first kappa shape index (κ1) is 18.3. The van der Waals surface area contributed by atoms with Crippen LogP contribution in [-0.4, -0.2) is 0 Å². The molecule has 9 rings (SSSR count). The molecule has 0 amide bonds. The quantitative estimate of drug-likeness (QED) is 0.193. The smallest absolute Gasteiger partial charge is 0.0369 e. The fourth-order valence-corrected chi connectivity index (χ4v) is 10.3. The van der Waals surface area contributed by atoms with Gasteiger partial charge in [-0.05, 0) is 48.5 Å². The molecule has 4 heteroatoms. The lowest BCUT2D eigenvalue weighted by molar-refractivity contribution is 1.87. The average Bonchev–Trinajstić information content (AvgIpc) is 3.59. The Labute approximate surface area is 209 Å². The molecule has 0 radical (unpaired) electrons. The van der Waals surface area contributed by atoms with Gasteiger partial charge in [0.15, 0.2) is 0 Å². The van der Waals surface area contributed by atoms with Crippen molar-refractivity contribution in [3.63, 3.8) is 0 Å². The van der Waals surface area contributed by atoms with Crippen LogP contribution in [0.4, 0.5) is 0 Å². The molecule has 0 aliphatic rings. The molecule has 0 fully saturated rings. The standard InChI is InChI=1S/C30H14S4/c1-3-7-23-15(5-1)17-9-19-21-11-22-20-10-18-16-6-2-4-8-24(16)32-26(18)13-28(20)34-30(22)14-29(21)33-27(19)12-25(17)31-23/h1-14H. The third-order valence-electron chi connectivity index (χ3n) is 7.06. The molecule has 0 aliphatic heterocycles. The number of hydrogen-bond donors (Lipinski definition) is 0. The number of rotatable bonds is 0. The minimum Gasteiger partial charge on any atom is -0.135 e. The molecule has 0 aliphatic carbocycles. The van der Waals surface area contributed by atoms with E-state index in [1.807, 2.05) is 45.3 Å². The van der Waals surface area contributed by atoms with Gasteiger partial charge in [-0.15, -0.1) is 45.3 Å². The summed E-state index contributed by atoms with van der Waals surface area (Å²) in [5.74, 6) is 0. The van der Waals surface area contributed by atoms with Crippen LogP contribution in [0, 0.1) is 0 Å². The topological polar surface area (TPSA) is 0 Å². The van der Waals surface area contributed by atoms with E-state index in [1.165, 1.54) is 80.7 Å². The molecular formula is C30H14S4. The summed E-state index contributed by atoms with van der Waals surface area (Å²) in [5, 5.41) is 11.1. The van der Waals surface area contributed by atoms with E-state index < -0.39 is 0 Å². The van der Waals surface area contributed by atoms with Crippen LogP contribution >= 0.6 is 45.3 Å². The summed E-state index contributed by atoms with van der Waals surface area (Å²) in [6.45, 7) is 0. The molecule has 0 saturated carbocycles. The van der Waals surface area contributed by atoms with Gasteiger partial charge in [0.05, 0.1) is 0 Å². The van der Waals surface area contributed by atoms with Crippen molar-refractivity contribution in [3.05, 3.63) is 84.9 Å². The zero-order chi connectivity index (χ0) is 22.0. The molecule has 5 aromatic carbocycles. The fraction of sp³-hybridized carbons (Fsp3) is 0. The predicted octanol–water partition coefficient (Wildman–Crippen LogP) is 11.2. The monoisotopic (exact) mass is 502 g/mol. The van der Waals surface area contributed by atoms with E-state index in [1.54, 1.807) is 0 Å². The van der Waals surface area contributed by atoms with E-state index in [0.717, 1.165) is 0 Å². The van der Waals surface area contributed by atoms with Gasteiger partial charge < -0.3 is 0 Å². The summed E-state index contributed by atoms with van der Waals surface area (Å²) in [7, 11) is 0. The first-order valence-corrected chi connectivity index (χ1v) is 14.5. The van der Waals surface area contributed by atoms with E-state index in [-0.39, 0.29) is 0 Å². The van der Waals surface area contributed by atoms with Gasteiger partial charge in [0, 0.05) is 80.7 Å².